The van der Waals surface area contributed by atoms with E-state index < -0.39 is 0 Å². The van der Waals surface area contributed by atoms with E-state index in [4.69, 9.17) is 4.74 Å². The second-order valence-electron chi connectivity index (χ2n) is 6.88. The van der Waals surface area contributed by atoms with E-state index in [-0.39, 0.29) is 29.8 Å². The maximum Gasteiger partial charge on any atom is 0.309 e. The van der Waals surface area contributed by atoms with E-state index in [9.17, 15) is 9.59 Å². The highest BCUT2D eigenvalue weighted by atomic mass is 16.5. The van der Waals surface area contributed by atoms with Crippen LogP contribution in [0.4, 0.5) is 0 Å². The Bertz CT molecular complexity index is 582. The molecule has 0 bridgehead atoms. The molecule has 2 aliphatic rings. The first-order chi connectivity index (χ1) is 11.6. The lowest BCUT2D eigenvalue weighted by Gasteiger charge is -2.36. The number of amides is 1. The van der Waals surface area contributed by atoms with Crippen LogP contribution in [0.5, 0.6) is 0 Å². The van der Waals surface area contributed by atoms with E-state index in [0.29, 0.717) is 12.5 Å². The van der Waals surface area contributed by atoms with Crippen molar-refractivity contribution in [1.29, 1.82) is 0 Å². The van der Waals surface area contributed by atoms with Gasteiger partial charge in [-0.05, 0) is 31.7 Å². The molecule has 3 rings (SSSR count). The first-order valence-electron chi connectivity index (χ1n) is 8.77. The molecular formula is C19H26N2O3. The van der Waals surface area contributed by atoms with Crippen LogP contribution in [0.15, 0.2) is 30.3 Å². The summed E-state index contributed by atoms with van der Waals surface area (Å²) in [4.78, 5) is 26.1. The second-order valence-corrected chi connectivity index (χ2v) is 6.88. The topological polar surface area (TPSA) is 58.6 Å². The van der Waals surface area contributed by atoms with Crippen LogP contribution in [0.2, 0.25) is 0 Å². The minimum Gasteiger partial charge on any atom is -0.469 e. The minimum absolute atomic E-state index is 0.0138. The van der Waals surface area contributed by atoms with E-state index in [1.807, 2.05) is 6.07 Å². The SMILES string of the molecule is COC(=O)C1CC1C(=O)NC1CCN(C(C)c2ccccc2)CC1. The first kappa shape index (κ1) is 17.0. The molecule has 3 atom stereocenters. The van der Waals surface area contributed by atoms with Crippen LogP contribution in [0.1, 0.15) is 37.8 Å². The number of carbonyl (C=O) groups excluding carboxylic acids is 2. The third-order valence-electron chi connectivity index (χ3n) is 5.34. The summed E-state index contributed by atoms with van der Waals surface area (Å²) in [7, 11) is 1.37. The zero-order valence-electron chi connectivity index (χ0n) is 14.4. The molecule has 24 heavy (non-hydrogen) atoms. The molecule has 1 aliphatic heterocycles. The fourth-order valence-corrected chi connectivity index (χ4v) is 3.58. The van der Waals surface area contributed by atoms with Gasteiger partial charge in [0, 0.05) is 25.2 Å². The summed E-state index contributed by atoms with van der Waals surface area (Å²) in [5.41, 5.74) is 1.33. The van der Waals surface area contributed by atoms with Crippen molar-refractivity contribution >= 4 is 11.9 Å². The third kappa shape index (κ3) is 3.78. The maximum atomic E-state index is 12.2. The van der Waals surface area contributed by atoms with E-state index >= 15 is 0 Å². The van der Waals surface area contributed by atoms with Gasteiger partial charge in [0.25, 0.3) is 0 Å². The molecule has 2 fully saturated rings. The molecule has 1 heterocycles. The summed E-state index contributed by atoms with van der Waals surface area (Å²) in [6.07, 6.45) is 2.54. The fraction of sp³-hybridized carbons (Fsp3) is 0.579. The number of likely N-dealkylation sites (tertiary alicyclic amines) is 1. The van der Waals surface area contributed by atoms with Crippen molar-refractivity contribution in [2.24, 2.45) is 11.8 Å². The Morgan fingerprint density at radius 2 is 1.83 bits per heavy atom. The summed E-state index contributed by atoms with van der Waals surface area (Å²) < 4.78 is 4.70. The monoisotopic (exact) mass is 330 g/mol. The van der Waals surface area contributed by atoms with Gasteiger partial charge < -0.3 is 10.1 Å². The highest BCUT2D eigenvalue weighted by Crippen LogP contribution is 2.39. The zero-order valence-corrected chi connectivity index (χ0v) is 14.4. The average molecular weight is 330 g/mol. The number of esters is 1. The Hall–Kier alpha value is -1.88. The van der Waals surface area contributed by atoms with Crippen LogP contribution in [0.3, 0.4) is 0 Å². The van der Waals surface area contributed by atoms with Crippen LogP contribution in [0.25, 0.3) is 0 Å². The number of ether oxygens (including phenoxy) is 1. The van der Waals surface area contributed by atoms with Crippen molar-refractivity contribution in [2.45, 2.75) is 38.3 Å². The quantitative estimate of drug-likeness (QED) is 0.841. The number of nitrogens with one attached hydrogen (secondary N) is 1. The summed E-state index contributed by atoms with van der Waals surface area (Å²) in [5, 5.41) is 3.12. The zero-order chi connectivity index (χ0) is 17.1. The number of carbonyl (C=O) groups is 2. The Balaban J connectivity index is 1.44. The Morgan fingerprint density at radius 3 is 2.46 bits per heavy atom. The lowest BCUT2D eigenvalue weighted by Crippen LogP contribution is -2.45. The van der Waals surface area contributed by atoms with E-state index in [2.05, 4.69) is 41.4 Å². The summed E-state index contributed by atoms with van der Waals surface area (Å²) in [6.45, 7) is 4.19. The normalized spacial score (nSPS) is 25.8. The molecule has 130 valence electrons. The smallest absolute Gasteiger partial charge is 0.309 e. The van der Waals surface area contributed by atoms with Crippen molar-refractivity contribution in [3.8, 4) is 0 Å². The Kier molecular flexibility index (Phi) is 5.19. The molecule has 1 aromatic rings. The molecule has 1 saturated carbocycles. The Morgan fingerprint density at radius 1 is 1.17 bits per heavy atom. The van der Waals surface area contributed by atoms with Crippen LogP contribution in [-0.2, 0) is 14.3 Å². The molecule has 3 unspecified atom stereocenters. The number of rotatable bonds is 5. The molecule has 1 aromatic carbocycles. The van der Waals surface area contributed by atoms with Gasteiger partial charge in [-0.1, -0.05) is 30.3 Å². The van der Waals surface area contributed by atoms with Gasteiger partial charge in [-0.3, -0.25) is 14.5 Å². The number of hydrogen-bond donors (Lipinski definition) is 1. The summed E-state index contributed by atoms with van der Waals surface area (Å²) >= 11 is 0. The molecule has 1 saturated heterocycles. The van der Waals surface area contributed by atoms with Crippen molar-refractivity contribution < 1.29 is 14.3 Å². The first-order valence-corrected chi connectivity index (χ1v) is 8.77. The highest BCUT2D eigenvalue weighted by molar-refractivity contribution is 5.90. The number of nitrogens with zero attached hydrogens (tertiary/aromatic N) is 1. The largest absolute Gasteiger partial charge is 0.469 e. The maximum absolute atomic E-state index is 12.2. The van der Waals surface area contributed by atoms with Crippen LogP contribution >= 0.6 is 0 Å². The molecule has 1 amide bonds. The third-order valence-corrected chi connectivity index (χ3v) is 5.34. The molecule has 5 nitrogen and oxygen atoms in total. The molecule has 0 spiro atoms. The number of benzene rings is 1. The van der Waals surface area contributed by atoms with Gasteiger partial charge in [0.05, 0.1) is 18.9 Å². The van der Waals surface area contributed by atoms with Gasteiger partial charge in [-0.25, -0.2) is 0 Å². The number of hydrogen-bond acceptors (Lipinski definition) is 4. The second kappa shape index (κ2) is 7.34. The molecule has 0 aromatic heterocycles. The number of methoxy groups -OCH3 is 1. The molecular weight excluding hydrogens is 304 g/mol. The van der Waals surface area contributed by atoms with Crippen molar-refractivity contribution in [2.75, 3.05) is 20.2 Å². The van der Waals surface area contributed by atoms with Gasteiger partial charge in [-0.2, -0.15) is 0 Å². The Labute approximate surface area is 143 Å². The van der Waals surface area contributed by atoms with Crippen molar-refractivity contribution in [3.63, 3.8) is 0 Å². The molecule has 1 aliphatic carbocycles. The highest BCUT2D eigenvalue weighted by Gasteiger charge is 2.49. The van der Waals surface area contributed by atoms with Crippen LogP contribution < -0.4 is 5.32 Å². The van der Waals surface area contributed by atoms with Gasteiger partial charge >= 0.3 is 5.97 Å². The van der Waals surface area contributed by atoms with Gasteiger partial charge in [-0.15, -0.1) is 0 Å². The van der Waals surface area contributed by atoms with Crippen LogP contribution in [0, 0.1) is 11.8 Å². The molecule has 5 heteroatoms. The van der Waals surface area contributed by atoms with Gasteiger partial charge in [0.1, 0.15) is 0 Å². The standard InChI is InChI=1S/C19H26N2O3/c1-13(14-6-4-3-5-7-14)21-10-8-15(9-11-21)20-18(22)16-12-17(16)19(23)24-2/h3-7,13,15-17H,8-12H2,1-2H3,(H,20,22). The fourth-order valence-electron chi connectivity index (χ4n) is 3.58. The van der Waals surface area contributed by atoms with E-state index in [1.54, 1.807) is 0 Å². The van der Waals surface area contributed by atoms with E-state index in [0.717, 1.165) is 25.9 Å². The lowest BCUT2D eigenvalue weighted by molar-refractivity contribution is -0.143. The lowest BCUT2D eigenvalue weighted by atomic mass is 10.00. The van der Waals surface area contributed by atoms with Crippen molar-refractivity contribution in [3.05, 3.63) is 35.9 Å². The van der Waals surface area contributed by atoms with Gasteiger partial charge in [0.15, 0.2) is 0 Å². The predicted molar refractivity (Wildman–Crippen MR) is 91.2 cm³/mol. The minimum atomic E-state index is -0.262. The van der Waals surface area contributed by atoms with Crippen LogP contribution in [-0.4, -0.2) is 43.0 Å². The van der Waals surface area contributed by atoms with Crippen molar-refractivity contribution in [1.82, 2.24) is 10.2 Å². The van der Waals surface area contributed by atoms with Gasteiger partial charge in [0.2, 0.25) is 5.91 Å². The predicted octanol–water partition coefficient (Wildman–Crippen LogP) is 2.14. The number of piperidine rings is 1. The average Bonchev–Trinajstić information content (AvgIpc) is 3.43. The molecule has 0 radical (unpaired) electrons. The summed E-state index contributed by atoms with van der Waals surface area (Å²) in [5.74, 6) is -0.659. The summed E-state index contributed by atoms with van der Waals surface area (Å²) in [6, 6.07) is 11.1. The van der Waals surface area contributed by atoms with E-state index in [1.165, 1.54) is 12.7 Å². The molecule has 1 N–H and O–H groups in total.